The van der Waals surface area contributed by atoms with Crippen LogP contribution in [-0.2, 0) is 9.59 Å². The molecule has 0 aliphatic carbocycles. The molecule has 1 aliphatic rings. The Morgan fingerprint density at radius 2 is 1.67 bits per heavy atom. The number of carbonyl (C=O) groups is 2. The predicted molar refractivity (Wildman–Crippen MR) is 138 cm³/mol. The van der Waals surface area contributed by atoms with Gasteiger partial charge in [-0.15, -0.1) is 0 Å². The number of Topliss-reactive ketones (excluding diaryl/α,β-unsaturated/α-hetero) is 1. The van der Waals surface area contributed by atoms with Gasteiger partial charge in [0.15, 0.2) is 0 Å². The zero-order chi connectivity index (χ0) is 26.1. The Kier molecular flexibility index (Phi) is 6.95. The van der Waals surface area contributed by atoms with Gasteiger partial charge in [-0.2, -0.15) is 0 Å². The molecular formula is C28H26ClNO6. The number of carbonyl (C=O) groups excluding carboxylic acids is 2. The summed E-state index contributed by atoms with van der Waals surface area (Å²) in [5.74, 6) is -0.767. The molecule has 0 saturated carbocycles. The number of aliphatic hydroxyl groups excluding tert-OH is 1. The number of anilines is 1. The first kappa shape index (κ1) is 25.1. The number of amides is 1. The lowest BCUT2D eigenvalue weighted by Crippen LogP contribution is -2.29. The van der Waals surface area contributed by atoms with Gasteiger partial charge in [-0.1, -0.05) is 31.5 Å². The molecule has 186 valence electrons. The lowest BCUT2D eigenvalue weighted by Gasteiger charge is -2.26. The van der Waals surface area contributed by atoms with E-state index in [0.29, 0.717) is 28.3 Å². The number of phenolic OH excluding ortho intramolecular Hbond substituents is 1. The minimum Gasteiger partial charge on any atom is -0.507 e. The molecule has 0 aromatic heterocycles. The van der Waals surface area contributed by atoms with Crippen molar-refractivity contribution in [3.63, 3.8) is 0 Å². The summed E-state index contributed by atoms with van der Waals surface area (Å²) in [6, 6.07) is 15.2. The van der Waals surface area contributed by atoms with Gasteiger partial charge in [0.1, 0.15) is 23.0 Å². The fraction of sp³-hybridized carbons (Fsp3) is 0.214. The molecular weight excluding hydrogens is 482 g/mol. The van der Waals surface area contributed by atoms with E-state index < -0.39 is 17.7 Å². The number of hydrogen-bond donors (Lipinski definition) is 2. The zero-order valence-corrected chi connectivity index (χ0v) is 21.0. The van der Waals surface area contributed by atoms with E-state index >= 15 is 0 Å². The highest BCUT2D eigenvalue weighted by atomic mass is 35.5. The number of methoxy groups -OCH3 is 2. The summed E-state index contributed by atoms with van der Waals surface area (Å²) in [6.45, 7) is 3.98. The Labute approximate surface area is 214 Å². The Bertz CT molecular complexity index is 1360. The summed E-state index contributed by atoms with van der Waals surface area (Å²) >= 11 is 6.18. The van der Waals surface area contributed by atoms with Gasteiger partial charge in [-0.3, -0.25) is 14.5 Å². The first-order valence-corrected chi connectivity index (χ1v) is 11.7. The number of aromatic hydroxyl groups is 1. The minimum absolute atomic E-state index is 0.0550. The van der Waals surface area contributed by atoms with Crippen LogP contribution < -0.4 is 14.4 Å². The average Bonchev–Trinajstić information content (AvgIpc) is 3.15. The fourth-order valence-electron chi connectivity index (χ4n) is 4.34. The number of aliphatic hydroxyl groups is 1. The Morgan fingerprint density at radius 1 is 0.972 bits per heavy atom. The number of benzene rings is 3. The van der Waals surface area contributed by atoms with Crippen LogP contribution >= 0.6 is 11.6 Å². The Hall–Kier alpha value is -3.97. The fourth-order valence-corrected chi connectivity index (χ4v) is 4.53. The Morgan fingerprint density at radius 3 is 2.25 bits per heavy atom. The molecule has 0 spiro atoms. The summed E-state index contributed by atoms with van der Waals surface area (Å²) in [4.78, 5) is 28.0. The first-order valence-electron chi connectivity index (χ1n) is 11.3. The van der Waals surface area contributed by atoms with Crippen LogP contribution in [0.25, 0.3) is 5.76 Å². The van der Waals surface area contributed by atoms with E-state index in [1.54, 1.807) is 55.6 Å². The van der Waals surface area contributed by atoms with Crippen molar-refractivity contribution in [3.05, 3.63) is 87.9 Å². The average molecular weight is 508 g/mol. The highest BCUT2D eigenvalue weighted by Crippen LogP contribution is 2.44. The molecule has 3 aromatic rings. The molecule has 2 N–H and O–H groups in total. The summed E-state index contributed by atoms with van der Waals surface area (Å²) in [5.41, 5.74) is 2.02. The normalized spacial score (nSPS) is 17.1. The minimum atomic E-state index is -0.985. The van der Waals surface area contributed by atoms with E-state index in [4.69, 9.17) is 21.1 Å². The summed E-state index contributed by atoms with van der Waals surface area (Å²) < 4.78 is 10.6. The lowest BCUT2D eigenvalue weighted by atomic mass is 9.93. The predicted octanol–water partition coefficient (Wildman–Crippen LogP) is 5.81. The number of ketones is 1. The molecule has 1 saturated heterocycles. The smallest absolute Gasteiger partial charge is 0.300 e. The summed E-state index contributed by atoms with van der Waals surface area (Å²) in [7, 11) is 3.09. The Balaban J connectivity index is 1.95. The third-order valence-electron chi connectivity index (χ3n) is 6.21. The van der Waals surface area contributed by atoms with Gasteiger partial charge in [-0.25, -0.2) is 0 Å². The molecule has 0 radical (unpaired) electrons. The molecule has 8 heteroatoms. The molecule has 0 bridgehead atoms. The number of ether oxygens (including phenoxy) is 2. The van der Waals surface area contributed by atoms with Gasteiger partial charge in [-0.05, 0) is 71.6 Å². The maximum absolute atomic E-state index is 13.4. The van der Waals surface area contributed by atoms with Gasteiger partial charge in [0, 0.05) is 11.3 Å². The number of rotatable bonds is 6. The van der Waals surface area contributed by atoms with Crippen molar-refractivity contribution in [1.29, 1.82) is 0 Å². The van der Waals surface area contributed by atoms with E-state index in [9.17, 15) is 19.8 Å². The van der Waals surface area contributed by atoms with Crippen LogP contribution in [0.5, 0.6) is 17.2 Å². The molecule has 4 rings (SSSR count). The molecule has 1 amide bonds. The van der Waals surface area contributed by atoms with E-state index in [1.807, 2.05) is 13.8 Å². The molecule has 3 aromatic carbocycles. The summed E-state index contributed by atoms with van der Waals surface area (Å²) in [5, 5.41) is 21.4. The second-order valence-corrected chi connectivity index (χ2v) is 9.10. The maximum Gasteiger partial charge on any atom is 0.300 e. The largest absolute Gasteiger partial charge is 0.507 e. The van der Waals surface area contributed by atoms with Gasteiger partial charge in [0.2, 0.25) is 0 Å². The van der Waals surface area contributed by atoms with Crippen LogP contribution in [0.1, 0.15) is 42.5 Å². The molecule has 1 fully saturated rings. The second kappa shape index (κ2) is 9.95. The van der Waals surface area contributed by atoms with Gasteiger partial charge in [0.25, 0.3) is 11.7 Å². The molecule has 36 heavy (non-hydrogen) atoms. The van der Waals surface area contributed by atoms with Crippen molar-refractivity contribution < 1.29 is 29.3 Å². The SMILES string of the molecule is COc1ccc(N2C(=O)C(=O)/C(=C(\O)c3ccc(OC)c(C(C)C)c3)C2c2ccc(O)c(Cl)c2)cc1. The standard InChI is InChI=1S/C28H26ClNO6/c1-15(2)20-13-17(6-12-23(20)36-4)26(32)24-25(16-5-11-22(31)21(29)14-16)30(28(34)27(24)33)18-7-9-19(35-3)10-8-18/h5-15,25,31-32H,1-4H3/b26-24-. The monoisotopic (exact) mass is 507 g/mol. The molecule has 1 atom stereocenters. The van der Waals surface area contributed by atoms with Crippen molar-refractivity contribution in [1.82, 2.24) is 0 Å². The second-order valence-electron chi connectivity index (χ2n) is 8.69. The highest BCUT2D eigenvalue weighted by molar-refractivity contribution is 6.51. The zero-order valence-electron chi connectivity index (χ0n) is 20.3. The maximum atomic E-state index is 13.4. The van der Waals surface area contributed by atoms with Crippen LogP contribution in [0.15, 0.2) is 66.2 Å². The van der Waals surface area contributed by atoms with Crippen molar-refractivity contribution in [2.45, 2.75) is 25.8 Å². The van der Waals surface area contributed by atoms with E-state index in [0.717, 1.165) is 5.56 Å². The van der Waals surface area contributed by atoms with E-state index in [1.165, 1.54) is 24.1 Å². The summed E-state index contributed by atoms with van der Waals surface area (Å²) in [6.07, 6.45) is 0. The molecule has 1 aliphatic heterocycles. The van der Waals surface area contributed by atoms with Crippen molar-refractivity contribution in [2.75, 3.05) is 19.1 Å². The van der Waals surface area contributed by atoms with E-state index in [2.05, 4.69) is 0 Å². The molecule has 1 unspecified atom stereocenters. The van der Waals surface area contributed by atoms with Gasteiger partial charge >= 0.3 is 0 Å². The van der Waals surface area contributed by atoms with Gasteiger partial charge < -0.3 is 19.7 Å². The van der Waals surface area contributed by atoms with E-state index in [-0.39, 0.29) is 28.0 Å². The number of phenols is 1. The van der Waals surface area contributed by atoms with Crippen LogP contribution in [0.2, 0.25) is 5.02 Å². The first-order chi connectivity index (χ1) is 17.2. The van der Waals surface area contributed by atoms with Crippen molar-refractivity contribution in [2.24, 2.45) is 0 Å². The van der Waals surface area contributed by atoms with Gasteiger partial charge in [0.05, 0.1) is 30.9 Å². The topological polar surface area (TPSA) is 96.3 Å². The third-order valence-corrected chi connectivity index (χ3v) is 6.51. The number of hydrogen-bond acceptors (Lipinski definition) is 6. The molecule has 7 nitrogen and oxygen atoms in total. The van der Waals surface area contributed by atoms with Crippen LogP contribution in [0.3, 0.4) is 0 Å². The third kappa shape index (κ3) is 4.38. The van der Waals surface area contributed by atoms with Crippen LogP contribution in [0, 0.1) is 0 Å². The number of nitrogens with zero attached hydrogens (tertiary/aromatic N) is 1. The lowest BCUT2D eigenvalue weighted by molar-refractivity contribution is -0.132. The quantitative estimate of drug-likeness (QED) is 0.248. The van der Waals surface area contributed by atoms with Crippen LogP contribution in [-0.4, -0.2) is 36.1 Å². The number of halogens is 1. The highest BCUT2D eigenvalue weighted by Gasteiger charge is 2.47. The molecule has 1 heterocycles. The van der Waals surface area contributed by atoms with Crippen LogP contribution in [0.4, 0.5) is 5.69 Å². The van der Waals surface area contributed by atoms with Crippen molar-refractivity contribution in [3.8, 4) is 17.2 Å². The van der Waals surface area contributed by atoms with Crippen molar-refractivity contribution >= 4 is 34.7 Å².